The molecule has 0 bridgehead atoms. The van der Waals surface area contributed by atoms with Crippen LogP contribution in [0, 0.1) is 17.8 Å². The Hall–Kier alpha value is -0.120. The highest BCUT2D eigenvalue weighted by molar-refractivity contribution is 4.88. The zero-order chi connectivity index (χ0) is 12.4. The Morgan fingerprint density at radius 1 is 1.24 bits per heavy atom. The van der Waals surface area contributed by atoms with Crippen LogP contribution in [0.2, 0.25) is 0 Å². The van der Waals surface area contributed by atoms with Crippen LogP contribution in [-0.2, 0) is 4.74 Å². The Morgan fingerprint density at radius 2 is 2.00 bits per heavy atom. The molecule has 1 aliphatic heterocycles. The molecule has 17 heavy (non-hydrogen) atoms. The minimum absolute atomic E-state index is 0.229. The number of morpholine rings is 1. The second-order valence-corrected chi connectivity index (χ2v) is 6.28. The molecule has 2 aliphatic rings. The third-order valence-electron chi connectivity index (χ3n) is 4.91. The smallest absolute Gasteiger partial charge is 0.0855 e. The number of hydrogen-bond acceptors (Lipinski definition) is 3. The van der Waals surface area contributed by atoms with E-state index >= 15 is 0 Å². The maximum absolute atomic E-state index is 6.44. The summed E-state index contributed by atoms with van der Waals surface area (Å²) in [6.45, 7) is 7.63. The maximum atomic E-state index is 6.44. The molecule has 5 atom stereocenters. The maximum Gasteiger partial charge on any atom is 0.0855 e. The summed E-state index contributed by atoms with van der Waals surface area (Å²) in [7, 11) is 2.16. The fourth-order valence-corrected chi connectivity index (χ4v) is 3.29. The lowest BCUT2D eigenvalue weighted by Crippen LogP contribution is -2.53. The minimum Gasteiger partial charge on any atom is -0.374 e. The van der Waals surface area contributed by atoms with Crippen LogP contribution in [0.5, 0.6) is 0 Å². The van der Waals surface area contributed by atoms with E-state index in [-0.39, 0.29) is 12.1 Å². The molecule has 1 saturated carbocycles. The van der Waals surface area contributed by atoms with Gasteiger partial charge >= 0.3 is 0 Å². The topological polar surface area (TPSA) is 38.5 Å². The molecule has 2 fully saturated rings. The van der Waals surface area contributed by atoms with Gasteiger partial charge in [0.15, 0.2) is 0 Å². The van der Waals surface area contributed by atoms with E-state index in [4.69, 9.17) is 10.5 Å². The fourth-order valence-electron chi connectivity index (χ4n) is 3.29. The molecule has 0 aromatic heterocycles. The van der Waals surface area contributed by atoms with Gasteiger partial charge in [0.25, 0.3) is 0 Å². The average molecular weight is 240 g/mol. The van der Waals surface area contributed by atoms with Gasteiger partial charge in [-0.15, -0.1) is 0 Å². The van der Waals surface area contributed by atoms with Crippen LogP contribution >= 0.6 is 0 Å². The van der Waals surface area contributed by atoms with Crippen LogP contribution in [0.4, 0.5) is 0 Å². The summed E-state index contributed by atoms with van der Waals surface area (Å²) in [6, 6.07) is 0.229. The van der Waals surface area contributed by atoms with Crippen LogP contribution in [-0.4, -0.2) is 43.8 Å². The van der Waals surface area contributed by atoms with Gasteiger partial charge < -0.3 is 15.4 Å². The van der Waals surface area contributed by atoms with Gasteiger partial charge in [0, 0.05) is 19.1 Å². The molecule has 3 heteroatoms. The third kappa shape index (κ3) is 3.21. The van der Waals surface area contributed by atoms with Gasteiger partial charge in [-0.1, -0.05) is 20.3 Å². The lowest BCUT2D eigenvalue weighted by Gasteiger charge is -2.40. The molecular formula is C14H28N2O. The van der Waals surface area contributed by atoms with Gasteiger partial charge in [-0.2, -0.15) is 0 Å². The standard InChI is InChI=1S/C14H28N2O/c1-10-4-5-12(8-11(10)2)14(15)13-9-16(3)6-7-17-13/h10-14H,4-9,15H2,1-3H3. The molecule has 1 aliphatic carbocycles. The van der Waals surface area contributed by atoms with Crippen LogP contribution in [0.3, 0.4) is 0 Å². The Kier molecular flexibility index (Phi) is 4.45. The lowest BCUT2D eigenvalue weighted by atomic mass is 9.72. The second kappa shape index (κ2) is 5.68. The van der Waals surface area contributed by atoms with E-state index in [1.807, 2.05) is 0 Å². The molecule has 0 spiro atoms. The van der Waals surface area contributed by atoms with E-state index in [9.17, 15) is 0 Å². The van der Waals surface area contributed by atoms with Gasteiger partial charge in [0.1, 0.15) is 0 Å². The van der Waals surface area contributed by atoms with Crippen molar-refractivity contribution in [1.82, 2.24) is 4.90 Å². The van der Waals surface area contributed by atoms with Crippen molar-refractivity contribution in [3.05, 3.63) is 0 Å². The predicted molar refractivity (Wildman–Crippen MR) is 70.9 cm³/mol. The van der Waals surface area contributed by atoms with Gasteiger partial charge in [0.2, 0.25) is 0 Å². The van der Waals surface area contributed by atoms with Gasteiger partial charge in [0.05, 0.1) is 12.7 Å². The SMILES string of the molecule is CC1CCC(C(N)C2CN(C)CCO2)CC1C. The summed E-state index contributed by atoms with van der Waals surface area (Å²) in [5, 5.41) is 0. The van der Waals surface area contributed by atoms with Gasteiger partial charge in [-0.25, -0.2) is 0 Å². The first-order valence-electron chi connectivity index (χ1n) is 7.13. The van der Waals surface area contributed by atoms with Crippen molar-refractivity contribution < 1.29 is 4.74 Å². The molecule has 2 N–H and O–H groups in total. The largest absolute Gasteiger partial charge is 0.374 e. The average Bonchev–Trinajstić information content (AvgIpc) is 2.32. The number of nitrogens with zero attached hydrogens (tertiary/aromatic N) is 1. The quantitative estimate of drug-likeness (QED) is 0.798. The van der Waals surface area contributed by atoms with Crippen molar-refractivity contribution >= 4 is 0 Å². The Bertz CT molecular complexity index is 246. The van der Waals surface area contributed by atoms with E-state index in [1.165, 1.54) is 19.3 Å². The summed E-state index contributed by atoms with van der Waals surface area (Å²) in [6.07, 6.45) is 4.16. The summed E-state index contributed by atoms with van der Waals surface area (Å²) >= 11 is 0. The fraction of sp³-hybridized carbons (Fsp3) is 1.00. The zero-order valence-electron chi connectivity index (χ0n) is 11.6. The van der Waals surface area contributed by atoms with Crippen molar-refractivity contribution in [2.24, 2.45) is 23.5 Å². The van der Waals surface area contributed by atoms with Crippen LogP contribution in [0.1, 0.15) is 33.1 Å². The first-order valence-corrected chi connectivity index (χ1v) is 7.13. The Labute approximate surface area is 106 Å². The van der Waals surface area contributed by atoms with Gasteiger partial charge in [-0.05, 0) is 37.6 Å². The van der Waals surface area contributed by atoms with Crippen molar-refractivity contribution in [3.8, 4) is 0 Å². The van der Waals surface area contributed by atoms with E-state index in [0.29, 0.717) is 5.92 Å². The number of hydrogen-bond donors (Lipinski definition) is 1. The third-order valence-corrected chi connectivity index (χ3v) is 4.91. The molecule has 0 radical (unpaired) electrons. The first kappa shape index (κ1) is 13.3. The number of ether oxygens (including phenoxy) is 1. The molecule has 100 valence electrons. The number of likely N-dealkylation sites (N-methyl/N-ethyl adjacent to an activating group) is 1. The number of nitrogens with two attached hydrogens (primary N) is 1. The predicted octanol–water partition coefficient (Wildman–Crippen LogP) is 1.72. The zero-order valence-corrected chi connectivity index (χ0v) is 11.6. The van der Waals surface area contributed by atoms with Crippen molar-refractivity contribution in [2.75, 3.05) is 26.7 Å². The monoisotopic (exact) mass is 240 g/mol. The molecule has 0 aromatic rings. The highest BCUT2D eigenvalue weighted by Crippen LogP contribution is 2.35. The van der Waals surface area contributed by atoms with Crippen LogP contribution in [0.25, 0.3) is 0 Å². The molecule has 0 amide bonds. The molecule has 1 saturated heterocycles. The second-order valence-electron chi connectivity index (χ2n) is 6.28. The van der Waals surface area contributed by atoms with Gasteiger partial charge in [-0.3, -0.25) is 0 Å². The first-order chi connectivity index (χ1) is 8.08. The highest BCUT2D eigenvalue weighted by Gasteiger charge is 2.34. The Balaban J connectivity index is 1.88. The Morgan fingerprint density at radius 3 is 2.65 bits per heavy atom. The molecule has 3 nitrogen and oxygen atoms in total. The van der Waals surface area contributed by atoms with Crippen molar-refractivity contribution in [3.63, 3.8) is 0 Å². The molecular weight excluding hydrogens is 212 g/mol. The normalized spacial score (nSPS) is 42.4. The number of rotatable bonds is 2. The van der Waals surface area contributed by atoms with E-state index in [2.05, 4.69) is 25.8 Å². The molecule has 5 unspecified atom stereocenters. The summed E-state index contributed by atoms with van der Waals surface area (Å²) in [4.78, 5) is 2.34. The minimum atomic E-state index is 0.229. The van der Waals surface area contributed by atoms with Crippen molar-refractivity contribution in [1.29, 1.82) is 0 Å². The van der Waals surface area contributed by atoms with Crippen LogP contribution < -0.4 is 5.73 Å². The lowest BCUT2D eigenvalue weighted by molar-refractivity contribution is -0.0474. The summed E-state index contributed by atoms with van der Waals surface area (Å²) < 4.78 is 5.86. The molecule has 2 rings (SSSR count). The van der Waals surface area contributed by atoms with Crippen LogP contribution in [0.15, 0.2) is 0 Å². The molecule has 0 aromatic carbocycles. The van der Waals surface area contributed by atoms with E-state index in [1.54, 1.807) is 0 Å². The highest BCUT2D eigenvalue weighted by atomic mass is 16.5. The van der Waals surface area contributed by atoms with E-state index in [0.717, 1.165) is 31.5 Å². The van der Waals surface area contributed by atoms with Crippen molar-refractivity contribution in [2.45, 2.75) is 45.3 Å². The summed E-state index contributed by atoms with van der Waals surface area (Å²) in [5.41, 5.74) is 6.44. The molecule has 1 heterocycles. The van der Waals surface area contributed by atoms with E-state index < -0.39 is 0 Å². The summed E-state index contributed by atoms with van der Waals surface area (Å²) in [5.74, 6) is 2.35.